The monoisotopic (exact) mass is 275 g/mol. The molecule has 1 aromatic heterocycles. The van der Waals surface area contributed by atoms with E-state index in [1.807, 2.05) is 6.07 Å². The summed E-state index contributed by atoms with van der Waals surface area (Å²) in [5.74, 6) is 0.371. The van der Waals surface area contributed by atoms with Crippen LogP contribution in [0.5, 0.6) is 0 Å². The molecule has 19 heavy (non-hydrogen) atoms. The number of nitrogen functional groups attached to an aromatic ring is 1. The molecule has 6 heteroatoms. The van der Waals surface area contributed by atoms with Crippen LogP contribution >= 0.6 is 0 Å². The molecule has 0 aliphatic heterocycles. The number of H-pyrrole nitrogens is 1. The number of aromatic amines is 1. The Bertz CT molecular complexity index is 737. The van der Waals surface area contributed by atoms with Gasteiger partial charge >= 0.3 is 0 Å². The number of nitrogens with one attached hydrogen (secondary N) is 1. The maximum atomic E-state index is 11.7. The van der Waals surface area contributed by atoms with Gasteiger partial charge in [-0.05, 0) is 17.7 Å². The van der Waals surface area contributed by atoms with Gasteiger partial charge in [0, 0.05) is 11.8 Å². The SMILES string of the molecule is CCS(=O)(=O)c1ccc(-c2c[nH]c(N)c2C#N)cc1. The molecule has 0 amide bonds. The summed E-state index contributed by atoms with van der Waals surface area (Å²) in [7, 11) is -3.21. The lowest BCUT2D eigenvalue weighted by Crippen LogP contribution is -2.03. The van der Waals surface area contributed by atoms with Crippen LogP contribution in [0.25, 0.3) is 11.1 Å². The lowest BCUT2D eigenvalue weighted by atomic mass is 10.1. The van der Waals surface area contributed by atoms with Gasteiger partial charge in [-0.2, -0.15) is 5.26 Å². The van der Waals surface area contributed by atoms with E-state index >= 15 is 0 Å². The molecule has 0 radical (unpaired) electrons. The molecule has 0 fully saturated rings. The summed E-state index contributed by atoms with van der Waals surface area (Å²) in [6, 6.07) is 8.45. The van der Waals surface area contributed by atoms with Gasteiger partial charge < -0.3 is 10.7 Å². The van der Waals surface area contributed by atoms with Gasteiger partial charge in [-0.3, -0.25) is 0 Å². The first-order valence-corrected chi connectivity index (χ1v) is 7.35. The third-order valence-electron chi connectivity index (χ3n) is 2.93. The van der Waals surface area contributed by atoms with Gasteiger partial charge in [-0.25, -0.2) is 8.42 Å². The Morgan fingerprint density at radius 2 is 1.95 bits per heavy atom. The summed E-state index contributed by atoms with van der Waals surface area (Å²) >= 11 is 0. The Labute approximate surface area is 111 Å². The zero-order valence-electron chi connectivity index (χ0n) is 10.3. The van der Waals surface area contributed by atoms with Crippen molar-refractivity contribution in [2.45, 2.75) is 11.8 Å². The number of hydrogen-bond acceptors (Lipinski definition) is 4. The first-order chi connectivity index (χ1) is 8.99. The summed E-state index contributed by atoms with van der Waals surface area (Å²) in [5, 5.41) is 9.03. The third-order valence-corrected chi connectivity index (χ3v) is 4.68. The predicted octanol–water partition coefficient (Wildman–Crippen LogP) is 1.93. The van der Waals surface area contributed by atoms with Gasteiger partial charge in [0.15, 0.2) is 9.84 Å². The molecule has 5 nitrogen and oxygen atoms in total. The first-order valence-electron chi connectivity index (χ1n) is 5.69. The molecule has 1 aromatic carbocycles. The van der Waals surface area contributed by atoms with E-state index in [0.717, 1.165) is 5.56 Å². The standard InChI is InChI=1S/C13H13N3O2S/c1-2-19(17,18)10-5-3-9(4-6-10)12-8-16-13(15)11(12)7-14/h3-6,8,16H,2,15H2,1H3. The molecule has 3 N–H and O–H groups in total. The van der Waals surface area contributed by atoms with Crippen molar-refractivity contribution in [1.82, 2.24) is 4.98 Å². The minimum Gasteiger partial charge on any atom is -0.384 e. The number of nitrogens with two attached hydrogens (primary N) is 1. The number of nitrogens with zero attached hydrogens (tertiary/aromatic N) is 1. The Kier molecular flexibility index (Phi) is 3.32. The third kappa shape index (κ3) is 2.33. The summed E-state index contributed by atoms with van der Waals surface area (Å²) in [6.45, 7) is 1.60. The molecule has 0 bridgehead atoms. The van der Waals surface area contributed by atoms with E-state index in [4.69, 9.17) is 11.0 Å². The van der Waals surface area contributed by atoms with E-state index in [9.17, 15) is 8.42 Å². The quantitative estimate of drug-likeness (QED) is 0.893. The van der Waals surface area contributed by atoms with Crippen molar-refractivity contribution >= 4 is 15.7 Å². The fraction of sp³-hybridized carbons (Fsp3) is 0.154. The Morgan fingerprint density at radius 1 is 1.32 bits per heavy atom. The molecule has 2 aromatic rings. The van der Waals surface area contributed by atoms with E-state index in [1.165, 1.54) is 0 Å². The van der Waals surface area contributed by atoms with Crippen LogP contribution in [0.3, 0.4) is 0 Å². The van der Waals surface area contributed by atoms with Gasteiger partial charge in [0.2, 0.25) is 0 Å². The lowest BCUT2D eigenvalue weighted by molar-refractivity contribution is 0.597. The van der Waals surface area contributed by atoms with E-state index in [2.05, 4.69) is 4.98 Å². The second-order valence-electron chi connectivity index (χ2n) is 4.03. The average molecular weight is 275 g/mol. The second kappa shape index (κ2) is 4.78. The van der Waals surface area contributed by atoms with Crippen LogP contribution in [-0.2, 0) is 9.84 Å². The highest BCUT2D eigenvalue weighted by Gasteiger charge is 2.13. The van der Waals surface area contributed by atoms with Gasteiger partial charge in [0.25, 0.3) is 0 Å². The molecular weight excluding hydrogens is 262 g/mol. The van der Waals surface area contributed by atoms with Crippen molar-refractivity contribution in [3.05, 3.63) is 36.0 Å². The molecule has 0 saturated carbocycles. The molecule has 98 valence electrons. The van der Waals surface area contributed by atoms with E-state index in [0.29, 0.717) is 16.9 Å². The van der Waals surface area contributed by atoms with Crippen molar-refractivity contribution in [2.75, 3.05) is 11.5 Å². The Morgan fingerprint density at radius 3 is 2.47 bits per heavy atom. The van der Waals surface area contributed by atoms with E-state index < -0.39 is 9.84 Å². The zero-order chi connectivity index (χ0) is 14.0. The van der Waals surface area contributed by atoms with Crippen molar-refractivity contribution in [2.24, 2.45) is 0 Å². The minimum atomic E-state index is -3.21. The Hall–Kier alpha value is -2.26. The van der Waals surface area contributed by atoms with Crippen LogP contribution in [0.15, 0.2) is 35.4 Å². The fourth-order valence-electron chi connectivity index (χ4n) is 1.80. The minimum absolute atomic E-state index is 0.0624. The molecule has 2 rings (SSSR count). The number of anilines is 1. The summed E-state index contributed by atoms with van der Waals surface area (Å²) in [6.07, 6.45) is 1.64. The van der Waals surface area contributed by atoms with Gasteiger partial charge in [0.1, 0.15) is 17.5 Å². The van der Waals surface area contributed by atoms with Crippen molar-refractivity contribution in [3.63, 3.8) is 0 Å². The summed E-state index contributed by atoms with van der Waals surface area (Å²) in [4.78, 5) is 3.06. The molecular formula is C13H13N3O2S. The largest absolute Gasteiger partial charge is 0.384 e. The lowest BCUT2D eigenvalue weighted by Gasteiger charge is -2.03. The highest BCUT2D eigenvalue weighted by molar-refractivity contribution is 7.91. The number of hydrogen-bond donors (Lipinski definition) is 2. The van der Waals surface area contributed by atoms with Gasteiger partial charge in [-0.1, -0.05) is 19.1 Å². The Balaban J connectivity index is 2.47. The normalized spacial score (nSPS) is 11.2. The smallest absolute Gasteiger partial charge is 0.178 e. The van der Waals surface area contributed by atoms with Gasteiger partial charge in [-0.15, -0.1) is 0 Å². The molecule has 0 saturated heterocycles. The number of rotatable bonds is 3. The van der Waals surface area contributed by atoms with Crippen LogP contribution in [0.2, 0.25) is 0 Å². The molecule has 0 aliphatic rings. The van der Waals surface area contributed by atoms with Crippen molar-refractivity contribution in [3.8, 4) is 17.2 Å². The molecule has 0 atom stereocenters. The maximum Gasteiger partial charge on any atom is 0.178 e. The van der Waals surface area contributed by atoms with E-state index in [1.54, 1.807) is 37.4 Å². The first kappa shape index (κ1) is 13.2. The van der Waals surface area contributed by atoms with Crippen molar-refractivity contribution in [1.29, 1.82) is 5.26 Å². The predicted molar refractivity (Wildman–Crippen MR) is 73.1 cm³/mol. The number of sulfone groups is 1. The zero-order valence-corrected chi connectivity index (χ0v) is 11.2. The summed E-state index contributed by atoms with van der Waals surface area (Å²) < 4.78 is 23.4. The number of benzene rings is 1. The molecule has 0 spiro atoms. The van der Waals surface area contributed by atoms with Crippen LogP contribution in [0.1, 0.15) is 12.5 Å². The highest BCUT2D eigenvalue weighted by Crippen LogP contribution is 2.28. The number of nitriles is 1. The fourth-order valence-corrected chi connectivity index (χ4v) is 2.68. The highest BCUT2D eigenvalue weighted by atomic mass is 32.2. The van der Waals surface area contributed by atoms with Crippen LogP contribution in [-0.4, -0.2) is 19.2 Å². The molecule has 1 heterocycles. The molecule has 0 aliphatic carbocycles. The van der Waals surface area contributed by atoms with Crippen LogP contribution < -0.4 is 5.73 Å². The van der Waals surface area contributed by atoms with Crippen LogP contribution in [0.4, 0.5) is 5.82 Å². The maximum absolute atomic E-state index is 11.7. The van der Waals surface area contributed by atoms with E-state index in [-0.39, 0.29) is 10.6 Å². The van der Waals surface area contributed by atoms with Crippen LogP contribution in [0, 0.1) is 11.3 Å². The van der Waals surface area contributed by atoms with Gasteiger partial charge in [0.05, 0.1) is 10.6 Å². The number of aromatic nitrogens is 1. The van der Waals surface area contributed by atoms with Crippen molar-refractivity contribution < 1.29 is 8.42 Å². The second-order valence-corrected chi connectivity index (χ2v) is 6.31. The molecule has 0 unspecified atom stereocenters. The summed E-state index contributed by atoms with van der Waals surface area (Å²) in [5.41, 5.74) is 7.42. The average Bonchev–Trinajstić information content (AvgIpc) is 2.80. The topological polar surface area (TPSA) is 99.7 Å².